The van der Waals surface area contributed by atoms with Crippen molar-refractivity contribution >= 4 is 34.3 Å². The van der Waals surface area contributed by atoms with Crippen molar-refractivity contribution in [2.24, 2.45) is 0 Å². The number of hydrogen-bond donors (Lipinski definition) is 1. The summed E-state index contributed by atoms with van der Waals surface area (Å²) in [7, 11) is 0. The van der Waals surface area contributed by atoms with Crippen LogP contribution in [0.4, 0.5) is 0 Å². The van der Waals surface area contributed by atoms with Gasteiger partial charge in [-0.3, -0.25) is 9.59 Å². The Morgan fingerprint density at radius 1 is 1.30 bits per heavy atom. The average molecular weight is 426 g/mol. The summed E-state index contributed by atoms with van der Waals surface area (Å²) in [5.41, 5.74) is 1.19. The first-order valence-electron chi connectivity index (χ1n) is 10.7. The maximum atomic E-state index is 13.6. The molecule has 4 heterocycles. The Balaban J connectivity index is 1.54. The first-order chi connectivity index (χ1) is 14.5. The number of hydrogen-bond acceptors (Lipinski definition) is 4. The smallest absolute Gasteiger partial charge is 0.271 e. The minimum Gasteiger partial charge on any atom is -0.460 e. The largest absolute Gasteiger partial charge is 0.460 e. The lowest BCUT2D eigenvalue weighted by atomic mass is 9.91. The molecule has 2 aliphatic rings. The molecule has 1 N–H and O–H groups in total. The van der Waals surface area contributed by atoms with Gasteiger partial charge in [-0.15, -0.1) is 11.3 Å². The van der Waals surface area contributed by atoms with Crippen molar-refractivity contribution in [1.29, 1.82) is 0 Å². The summed E-state index contributed by atoms with van der Waals surface area (Å²) in [5.74, 6) is 0.615. The third kappa shape index (κ3) is 3.16. The van der Waals surface area contributed by atoms with Crippen LogP contribution in [0.5, 0.6) is 0 Å². The van der Waals surface area contributed by atoms with E-state index in [1.165, 1.54) is 6.42 Å². The van der Waals surface area contributed by atoms with Crippen molar-refractivity contribution in [2.45, 2.75) is 70.6 Å². The van der Waals surface area contributed by atoms with Crippen LogP contribution >= 0.6 is 11.3 Å². The molecule has 0 aromatic carbocycles. The lowest BCUT2D eigenvalue weighted by Crippen LogP contribution is -2.64. The van der Waals surface area contributed by atoms with E-state index in [2.05, 4.69) is 5.32 Å². The zero-order chi connectivity index (χ0) is 20.9. The van der Waals surface area contributed by atoms with Crippen LogP contribution in [-0.2, 0) is 17.9 Å². The molecule has 1 atom stereocenters. The van der Waals surface area contributed by atoms with Gasteiger partial charge in [-0.25, -0.2) is 0 Å². The van der Waals surface area contributed by atoms with Crippen molar-refractivity contribution in [2.75, 3.05) is 0 Å². The van der Waals surface area contributed by atoms with Crippen molar-refractivity contribution in [3.63, 3.8) is 0 Å². The van der Waals surface area contributed by atoms with Gasteiger partial charge in [0.2, 0.25) is 5.91 Å². The number of nitrogens with one attached hydrogen (secondary N) is 1. The number of nitrogens with zero attached hydrogens (tertiary/aromatic N) is 2. The first kappa shape index (κ1) is 19.4. The summed E-state index contributed by atoms with van der Waals surface area (Å²) in [6, 6.07) is 7.95. The lowest BCUT2D eigenvalue weighted by molar-refractivity contribution is -0.134. The molecule has 7 heteroatoms. The van der Waals surface area contributed by atoms with Gasteiger partial charge in [-0.1, -0.05) is 25.3 Å². The molecule has 6 nitrogen and oxygen atoms in total. The van der Waals surface area contributed by atoms with Crippen LogP contribution in [0.25, 0.3) is 11.1 Å². The quantitative estimate of drug-likeness (QED) is 0.671. The van der Waals surface area contributed by atoms with Gasteiger partial charge in [0.25, 0.3) is 5.91 Å². The van der Waals surface area contributed by atoms with Crippen LogP contribution in [-0.4, -0.2) is 32.9 Å². The molecule has 158 valence electrons. The van der Waals surface area contributed by atoms with Gasteiger partial charge in [-0.2, -0.15) is 0 Å². The minimum absolute atomic E-state index is 0.0629. The van der Waals surface area contributed by atoms with Crippen molar-refractivity contribution < 1.29 is 14.0 Å². The molecular weight excluding hydrogens is 398 g/mol. The molecule has 30 heavy (non-hydrogen) atoms. The molecule has 0 saturated heterocycles. The SMILES string of the molecule is Cc1cc2c(cc3n2CC(C)(C(=O)NC2CCCCC2)N(Cc2cccs2)C3=O)o1. The van der Waals surface area contributed by atoms with Gasteiger partial charge in [0.05, 0.1) is 18.6 Å². The maximum Gasteiger partial charge on any atom is 0.271 e. The zero-order valence-corrected chi connectivity index (χ0v) is 18.3. The van der Waals surface area contributed by atoms with E-state index in [0.29, 0.717) is 24.4 Å². The third-order valence-electron chi connectivity index (χ3n) is 6.56. The Bertz CT molecular complexity index is 1090. The molecule has 1 saturated carbocycles. The van der Waals surface area contributed by atoms with Gasteiger partial charge in [0.1, 0.15) is 17.0 Å². The predicted molar refractivity (Wildman–Crippen MR) is 117 cm³/mol. The molecule has 1 aliphatic carbocycles. The molecular formula is C23H27N3O3S. The zero-order valence-electron chi connectivity index (χ0n) is 17.4. The summed E-state index contributed by atoms with van der Waals surface area (Å²) in [4.78, 5) is 30.0. The predicted octanol–water partition coefficient (Wildman–Crippen LogP) is 4.47. The Morgan fingerprint density at radius 2 is 2.10 bits per heavy atom. The number of carbonyl (C=O) groups is 2. The number of thiophene rings is 1. The van der Waals surface area contributed by atoms with Crippen LogP contribution in [0.2, 0.25) is 0 Å². The molecule has 1 fully saturated rings. The lowest BCUT2D eigenvalue weighted by Gasteiger charge is -2.44. The van der Waals surface area contributed by atoms with Gasteiger partial charge in [0.15, 0.2) is 5.58 Å². The summed E-state index contributed by atoms with van der Waals surface area (Å²) >= 11 is 1.61. The maximum absolute atomic E-state index is 13.6. The highest BCUT2D eigenvalue weighted by atomic mass is 32.1. The monoisotopic (exact) mass is 425 g/mol. The number of aromatic nitrogens is 1. The molecule has 1 aliphatic heterocycles. The number of fused-ring (bicyclic) bond motifs is 3. The van der Waals surface area contributed by atoms with E-state index in [1.807, 2.05) is 48.1 Å². The van der Waals surface area contributed by atoms with Crippen LogP contribution in [0.1, 0.15) is 60.2 Å². The molecule has 2 amide bonds. The highest BCUT2D eigenvalue weighted by Gasteiger charge is 2.48. The molecule has 0 radical (unpaired) electrons. The molecule has 3 aromatic heterocycles. The van der Waals surface area contributed by atoms with Crippen molar-refractivity contribution in [3.05, 3.63) is 46.0 Å². The summed E-state index contributed by atoms with van der Waals surface area (Å²) in [6.45, 7) is 4.64. The van der Waals surface area contributed by atoms with Crippen LogP contribution in [0.15, 0.2) is 34.1 Å². The Hall–Kier alpha value is -2.54. The Kier molecular flexibility index (Phi) is 4.73. The highest BCUT2D eigenvalue weighted by molar-refractivity contribution is 7.09. The molecule has 0 spiro atoms. The topological polar surface area (TPSA) is 67.5 Å². The van der Waals surface area contributed by atoms with Gasteiger partial charge < -0.3 is 19.2 Å². The second-order valence-corrected chi connectivity index (χ2v) is 9.81. The van der Waals surface area contributed by atoms with Crippen LogP contribution in [0, 0.1) is 6.92 Å². The molecule has 0 bridgehead atoms. The van der Waals surface area contributed by atoms with Gasteiger partial charge in [0, 0.05) is 23.1 Å². The van der Waals surface area contributed by atoms with E-state index in [1.54, 1.807) is 16.2 Å². The van der Waals surface area contributed by atoms with Crippen LogP contribution < -0.4 is 5.32 Å². The van der Waals surface area contributed by atoms with E-state index < -0.39 is 5.54 Å². The summed E-state index contributed by atoms with van der Waals surface area (Å²) in [6.07, 6.45) is 5.56. The Labute approximate surface area is 179 Å². The number of aryl methyl sites for hydroxylation is 1. The number of rotatable bonds is 4. The van der Waals surface area contributed by atoms with E-state index in [9.17, 15) is 9.59 Å². The molecule has 1 unspecified atom stereocenters. The van der Waals surface area contributed by atoms with E-state index >= 15 is 0 Å². The normalized spacial score (nSPS) is 22.5. The van der Waals surface area contributed by atoms with Crippen molar-refractivity contribution in [1.82, 2.24) is 14.8 Å². The Morgan fingerprint density at radius 3 is 2.83 bits per heavy atom. The second kappa shape index (κ2) is 7.30. The summed E-state index contributed by atoms with van der Waals surface area (Å²) in [5, 5.41) is 5.27. The third-order valence-corrected chi connectivity index (χ3v) is 7.42. The second-order valence-electron chi connectivity index (χ2n) is 8.78. The fourth-order valence-corrected chi connectivity index (χ4v) is 5.55. The fourth-order valence-electron chi connectivity index (χ4n) is 4.86. The molecule has 3 aromatic rings. The van der Waals surface area contributed by atoms with E-state index in [0.717, 1.165) is 41.8 Å². The number of carbonyl (C=O) groups excluding carboxylic acids is 2. The summed E-state index contributed by atoms with van der Waals surface area (Å²) < 4.78 is 7.73. The van der Waals surface area contributed by atoms with Crippen molar-refractivity contribution in [3.8, 4) is 0 Å². The average Bonchev–Trinajstić information content (AvgIpc) is 3.43. The van der Waals surface area contributed by atoms with Gasteiger partial charge in [-0.05, 0) is 38.1 Å². The van der Waals surface area contributed by atoms with Crippen LogP contribution in [0.3, 0.4) is 0 Å². The first-order valence-corrected chi connectivity index (χ1v) is 11.6. The fraction of sp³-hybridized carbons (Fsp3) is 0.478. The minimum atomic E-state index is -0.970. The highest BCUT2D eigenvalue weighted by Crippen LogP contribution is 2.35. The number of amides is 2. The standard InChI is InChI=1S/C23H27N3O3S/c1-15-11-18-20(29-15)12-19-21(27)26(13-17-9-6-10-30-17)23(2,14-25(18)19)22(28)24-16-7-4-3-5-8-16/h6,9-12,16H,3-5,7-8,13-14H2,1-2H3,(H,24,28). The molecule has 5 rings (SSSR count). The van der Waals surface area contributed by atoms with E-state index in [4.69, 9.17) is 4.42 Å². The van der Waals surface area contributed by atoms with E-state index in [-0.39, 0.29) is 17.9 Å². The number of furan rings is 1. The van der Waals surface area contributed by atoms with Gasteiger partial charge >= 0.3 is 0 Å².